The van der Waals surface area contributed by atoms with Crippen LogP contribution in [-0.2, 0) is 0 Å². The van der Waals surface area contributed by atoms with Gasteiger partial charge in [0.2, 0.25) is 0 Å². The summed E-state index contributed by atoms with van der Waals surface area (Å²) < 4.78 is 35.4. The molecular formula is C8H9F3N4. The molecule has 0 fully saturated rings. The molecule has 0 aliphatic carbocycles. The van der Waals surface area contributed by atoms with Crippen LogP contribution in [-0.4, -0.2) is 30.6 Å². The summed E-state index contributed by atoms with van der Waals surface area (Å²) in [7, 11) is 0. The van der Waals surface area contributed by atoms with Gasteiger partial charge in [0.1, 0.15) is 12.9 Å². The minimum atomic E-state index is -4.28. The highest BCUT2D eigenvalue weighted by molar-refractivity contribution is 6.26. The number of rotatable bonds is 2. The van der Waals surface area contributed by atoms with Gasteiger partial charge >= 0.3 is 6.18 Å². The molecule has 0 atom stereocenters. The SMILES string of the molecule is CC1=NC=NC(=N)/C1=C\NCC(F)(F)F. The van der Waals surface area contributed by atoms with Crippen molar-refractivity contribution in [1.82, 2.24) is 5.32 Å². The molecule has 0 saturated heterocycles. The molecule has 0 radical (unpaired) electrons. The van der Waals surface area contributed by atoms with Gasteiger partial charge in [-0.1, -0.05) is 0 Å². The van der Waals surface area contributed by atoms with Crippen LogP contribution in [0.3, 0.4) is 0 Å². The number of amidine groups is 1. The van der Waals surface area contributed by atoms with Crippen molar-refractivity contribution in [3.63, 3.8) is 0 Å². The first-order valence-corrected chi connectivity index (χ1v) is 4.07. The number of hydrogen-bond acceptors (Lipinski definition) is 3. The summed E-state index contributed by atoms with van der Waals surface area (Å²) in [5.41, 5.74) is 0.728. The van der Waals surface area contributed by atoms with Gasteiger partial charge in [0.05, 0.1) is 11.3 Å². The van der Waals surface area contributed by atoms with Crippen molar-refractivity contribution in [3.8, 4) is 0 Å². The van der Waals surface area contributed by atoms with Gasteiger partial charge < -0.3 is 5.32 Å². The standard InChI is InChI=1S/C8H9F3N4/c1-5-6(7(12)15-4-14-5)2-13-3-8(9,10)11/h2,4,12-13H,3H2,1H3/b6-2-,12-7?. The average molecular weight is 218 g/mol. The van der Waals surface area contributed by atoms with Crippen LogP contribution in [0.15, 0.2) is 21.8 Å². The predicted octanol–water partition coefficient (Wildman–Crippen LogP) is 1.50. The van der Waals surface area contributed by atoms with E-state index >= 15 is 0 Å². The molecule has 2 N–H and O–H groups in total. The van der Waals surface area contributed by atoms with Crippen LogP contribution in [0.1, 0.15) is 6.92 Å². The van der Waals surface area contributed by atoms with Crippen LogP contribution >= 0.6 is 0 Å². The van der Waals surface area contributed by atoms with Crippen molar-refractivity contribution < 1.29 is 13.2 Å². The third kappa shape index (κ3) is 3.53. The molecule has 0 aromatic heterocycles. The molecule has 0 aromatic rings. The van der Waals surface area contributed by atoms with E-state index in [1.54, 1.807) is 6.92 Å². The Morgan fingerprint density at radius 3 is 2.73 bits per heavy atom. The van der Waals surface area contributed by atoms with Gasteiger partial charge in [-0.15, -0.1) is 0 Å². The van der Waals surface area contributed by atoms with E-state index in [1.807, 2.05) is 0 Å². The fourth-order valence-corrected chi connectivity index (χ4v) is 0.925. The van der Waals surface area contributed by atoms with Gasteiger partial charge in [-0.3, -0.25) is 5.41 Å². The molecule has 82 valence electrons. The van der Waals surface area contributed by atoms with Crippen LogP contribution in [0.4, 0.5) is 13.2 Å². The van der Waals surface area contributed by atoms with Gasteiger partial charge in [-0.25, -0.2) is 9.98 Å². The smallest absolute Gasteiger partial charge is 0.382 e. The molecule has 0 unspecified atom stereocenters. The lowest BCUT2D eigenvalue weighted by Gasteiger charge is -2.10. The van der Waals surface area contributed by atoms with Gasteiger partial charge in [0, 0.05) is 6.20 Å². The minimum Gasteiger partial charge on any atom is -0.382 e. The van der Waals surface area contributed by atoms with Gasteiger partial charge in [-0.2, -0.15) is 13.2 Å². The van der Waals surface area contributed by atoms with Crippen molar-refractivity contribution in [3.05, 3.63) is 11.8 Å². The molecule has 0 bridgehead atoms. The maximum absolute atomic E-state index is 11.8. The lowest BCUT2D eigenvalue weighted by atomic mass is 10.1. The predicted molar refractivity (Wildman–Crippen MR) is 51.5 cm³/mol. The second kappa shape index (κ2) is 4.24. The van der Waals surface area contributed by atoms with E-state index in [1.165, 1.54) is 6.34 Å². The van der Waals surface area contributed by atoms with E-state index in [0.717, 1.165) is 6.20 Å². The lowest BCUT2D eigenvalue weighted by Crippen LogP contribution is -2.26. The fraction of sp³-hybridized carbons (Fsp3) is 0.375. The average Bonchev–Trinajstić information content (AvgIpc) is 2.08. The normalized spacial score (nSPS) is 19.3. The van der Waals surface area contributed by atoms with Gasteiger partial charge in [-0.05, 0) is 6.92 Å². The summed E-state index contributed by atoms with van der Waals surface area (Å²) in [4.78, 5) is 7.33. The van der Waals surface area contributed by atoms with E-state index in [0.29, 0.717) is 5.71 Å². The zero-order chi connectivity index (χ0) is 11.5. The molecule has 0 amide bonds. The second-order valence-electron chi connectivity index (χ2n) is 2.86. The molecule has 0 saturated carbocycles. The van der Waals surface area contributed by atoms with Crippen molar-refractivity contribution in [2.24, 2.45) is 9.98 Å². The summed E-state index contributed by atoms with van der Waals surface area (Å²) in [6, 6.07) is 0. The Balaban J connectivity index is 2.64. The third-order valence-electron chi connectivity index (χ3n) is 1.63. The Bertz CT molecular complexity index is 351. The largest absolute Gasteiger partial charge is 0.405 e. The molecular weight excluding hydrogens is 209 g/mol. The number of halogens is 3. The highest BCUT2D eigenvalue weighted by Crippen LogP contribution is 2.12. The molecule has 15 heavy (non-hydrogen) atoms. The van der Waals surface area contributed by atoms with Crippen molar-refractivity contribution in [2.75, 3.05) is 6.54 Å². The van der Waals surface area contributed by atoms with Crippen molar-refractivity contribution in [1.29, 1.82) is 5.41 Å². The Hall–Kier alpha value is -1.66. The van der Waals surface area contributed by atoms with Crippen LogP contribution in [0.5, 0.6) is 0 Å². The van der Waals surface area contributed by atoms with E-state index in [4.69, 9.17) is 5.41 Å². The third-order valence-corrected chi connectivity index (χ3v) is 1.63. The summed E-state index contributed by atoms with van der Waals surface area (Å²) in [6.45, 7) is 0.460. The van der Waals surface area contributed by atoms with Crippen LogP contribution in [0, 0.1) is 5.41 Å². The molecule has 1 aliphatic rings. The monoisotopic (exact) mass is 218 g/mol. The molecule has 0 spiro atoms. The van der Waals surface area contributed by atoms with E-state index in [9.17, 15) is 13.2 Å². The lowest BCUT2D eigenvalue weighted by molar-refractivity contribution is -0.122. The highest BCUT2D eigenvalue weighted by Gasteiger charge is 2.26. The van der Waals surface area contributed by atoms with Crippen LogP contribution in [0.25, 0.3) is 0 Å². The zero-order valence-electron chi connectivity index (χ0n) is 7.89. The Kier molecular flexibility index (Phi) is 3.23. The maximum atomic E-state index is 11.8. The molecule has 4 nitrogen and oxygen atoms in total. The van der Waals surface area contributed by atoms with E-state index < -0.39 is 12.7 Å². The molecule has 7 heteroatoms. The van der Waals surface area contributed by atoms with E-state index in [2.05, 4.69) is 15.3 Å². The summed E-state index contributed by atoms with van der Waals surface area (Å²) in [6.07, 6.45) is -1.98. The Morgan fingerprint density at radius 1 is 1.53 bits per heavy atom. The van der Waals surface area contributed by atoms with Crippen molar-refractivity contribution >= 4 is 17.9 Å². The van der Waals surface area contributed by atoms with Gasteiger partial charge in [0.25, 0.3) is 0 Å². The van der Waals surface area contributed by atoms with Crippen LogP contribution < -0.4 is 5.32 Å². The first-order valence-electron chi connectivity index (χ1n) is 4.07. The second-order valence-corrected chi connectivity index (χ2v) is 2.86. The van der Waals surface area contributed by atoms with E-state index in [-0.39, 0.29) is 11.4 Å². The topological polar surface area (TPSA) is 60.6 Å². The zero-order valence-corrected chi connectivity index (χ0v) is 7.89. The summed E-state index contributed by atoms with van der Waals surface area (Å²) in [5, 5.41) is 9.42. The fourth-order valence-electron chi connectivity index (χ4n) is 0.925. The molecule has 1 heterocycles. The number of nitrogens with zero attached hydrogens (tertiary/aromatic N) is 2. The highest BCUT2D eigenvalue weighted by atomic mass is 19.4. The molecule has 1 rings (SSSR count). The number of aliphatic imine (C=N–C) groups is 2. The summed E-state index contributed by atoms with van der Waals surface area (Å²) >= 11 is 0. The number of alkyl halides is 3. The minimum absolute atomic E-state index is 0.0998. The first kappa shape index (κ1) is 11.4. The maximum Gasteiger partial charge on any atom is 0.405 e. The Labute approximate surface area is 84.1 Å². The molecule has 0 aromatic carbocycles. The van der Waals surface area contributed by atoms with Crippen molar-refractivity contribution in [2.45, 2.75) is 13.1 Å². The molecule has 1 aliphatic heterocycles. The first-order chi connectivity index (χ1) is 6.90. The Morgan fingerprint density at radius 2 is 2.20 bits per heavy atom. The number of hydrogen-bond donors (Lipinski definition) is 2. The number of nitrogens with one attached hydrogen (secondary N) is 2. The quantitative estimate of drug-likeness (QED) is 0.724. The summed E-state index contributed by atoms with van der Waals surface area (Å²) in [5.74, 6) is -0.0998. The van der Waals surface area contributed by atoms with Crippen LogP contribution in [0.2, 0.25) is 0 Å². The van der Waals surface area contributed by atoms with Gasteiger partial charge in [0.15, 0.2) is 5.84 Å².